The average Bonchev–Trinajstić information content (AvgIpc) is 2.39. The number of hydrogen-bond acceptors (Lipinski definition) is 1. The summed E-state index contributed by atoms with van der Waals surface area (Å²) in [5, 5.41) is 8.68. The first-order valence-corrected chi connectivity index (χ1v) is 6.13. The van der Waals surface area contributed by atoms with Crippen molar-refractivity contribution in [3.63, 3.8) is 0 Å². The first-order valence-electron chi connectivity index (χ1n) is 6.13. The highest BCUT2D eigenvalue weighted by molar-refractivity contribution is 5.66. The molecule has 2 rings (SSSR count). The monoisotopic (exact) mass is 229 g/mol. The van der Waals surface area contributed by atoms with Crippen molar-refractivity contribution in [2.45, 2.75) is 32.6 Å². The molecule has 1 aromatic carbocycles. The molecule has 0 amide bonds. The van der Waals surface area contributed by atoms with E-state index in [1.165, 1.54) is 24.5 Å². The second-order valence-electron chi connectivity index (χ2n) is 4.58. The van der Waals surface area contributed by atoms with Crippen LogP contribution in [0.25, 0.3) is 5.57 Å². The summed E-state index contributed by atoms with van der Waals surface area (Å²) < 4.78 is 13.5. The van der Waals surface area contributed by atoms with Crippen molar-refractivity contribution in [2.75, 3.05) is 0 Å². The third-order valence-electron chi connectivity index (χ3n) is 3.56. The van der Waals surface area contributed by atoms with Gasteiger partial charge in [0.15, 0.2) is 0 Å². The molecule has 0 heterocycles. The molecular formula is C15H16FN. The highest BCUT2D eigenvalue weighted by Crippen LogP contribution is 2.32. The van der Waals surface area contributed by atoms with Gasteiger partial charge >= 0.3 is 0 Å². The summed E-state index contributed by atoms with van der Waals surface area (Å²) >= 11 is 0. The van der Waals surface area contributed by atoms with E-state index in [4.69, 9.17) is 5.26 Å². The average molecular weight is 229 g/mol. The summed E-state index contributed by atoms with van der Waals surface area (Å²) in [6.45, 7) is 2.21. The molecule has 1 aromatic rings. The van der Waals surface area contributed by atoms with E-state index in [-0.39, 0.29) is 5.56 Å². The van der Waals surface area contributed by atoms with Crippen LogP contribution in [0.4, 0.5) is 4.39 Å². The molecule has 0 saturated carbocycles. The second-order valence-corrected chi connectivity index (χ2v) is 4.58. The summed E-state index contributed by atoms with van der Waals surface area (Å²) in [5.74, 6) is 0.366. The topological polar surface area (TPSA) is 23.8 Å². The van der Waals surface area contributed by atoms with E-state index >= 15 is 0 Å². The molecule has 0 aliphatic heterocycles. The Morgan fingerprint density at radius 2 is 2.29 bits per heavy atom. The Morgan fingerprint density at radius 1 is 1.47 bits per heavy atom. The molecule has 0 fully saturated rings. The Morgan fingerprint density at radius 3 is 2.82 bits per heavy atom. The Balaban J connectivity index is 2.22. The van der Waals surface area contributed by atoms with Gasteiger partial charge in [0.25, 0.3) is 0 Å². The van der Waals surface area contributed by atoms with Gasteiger partial charge in [0.2, 0.25) is 0 Å². The highest BCUT2D eigenvalue weighted by Gasteiger charge is 2.14. The zero-order chi connectivity index (χ0) is 12.3. The van der Waals surface area contributed by atoms with Gasteiger partial charge in [-0.2, -0.15) is 5.26 Å². The number of nitrogens with zero attached hydrogens (tertiary/aromatic N) is 1. The quantitative estimate of drug-likeness (QED) is 0.742. The molecule has 17 heavy (non-hydrogen) atoms. The Kier molecular flexibility index (Phi) is 3.58. The van der Waals surface area contributed by atoms with Crippen LogP contribution in [-0.4, -0.2) is 0 Å². The van der Waals surface area contributed by atoms with Crippen molar-refractivity contribution >= 4 is 5.57 Å². The van der Waals surface area contributed by atoms with Crippen LogP contribution in [0.3, 0.4) is 0 Å². The molecule has 1 nitrogen and oxygen atoms in total. The van der Waals surface area contributed by atoms with Crippen LogP contribution in [0.5, 0.6) is 0 Å². The van der Waals surface area contributed by atoms with Crippen molar-refractivity contribution in [1.29, 1.82) is 5.26 Å². The largest absolute Gasteiger partial charge is 0.206 e. The lowest BCUT2D eigenvalue weighted by molar-refractivity contribution is 0.470. The zero-order valence-corrected chi connectivity index (χ0v) is 10.0. The first-order chi connectivity index (χ1) is 8.24. The predicted molar refractivity (Wildman–Crippen MR) is 66.7 cm³/mol. The van der Waals surface area contributed by atoms with Gasteiger partial charge in [-0.15, -0.1) is 0 Å². The van der Waals surface area contributed by atoms with Crippen molar-refractivity contribution in [2.24, 2.45) is 5.92 Å². The molecule has 88 valence electrons. The summed E-state index contributed by atoms with van der Waals surface area (Å²) in [6, 6.07) is 6.74. The summed E-state index contributed by atoms with van der Waals surface area (Å²) in [5.41, 5.74) is 2.27. The van der Waals surface area contributed by atoms with Crippen LogP contribution in [-0.2, 0) is 0 Å². The summed E-state index contributed by atoms with van der Waals surface area (Å²) in [6.07, 6.45) is 6.73. The molecule has 0 radical (unpaired) electrons. The van der Waals surface area contributed by atoms with Crippen molar-refractivity contribution in [3.05, 3.63) is 41.2 Å². The van der Waals surface area contributed by atoms with Gasteiger partial charge in [-0.25, -0.2) is 4.39 Å². The molecule has 0 aromatic heterocycles. The SMILES string of the molecule is CC[C@H]1CC=C(c2ccc(C#N)c(F)c2)CC1. The van der Waals surface area contributed by atoms with E-state index in [0.29, 0.717) is 0 Å². The number of halogens is 1. The molecule has 0 saturated heterocycles. The van der Waals surface area contributed by atoms with E-state index in [1.807, 2.05) is 12.1 Å². The molecule has 0 spiro atoms. The van der Waals surface area contributed by atoms with Crippen LogP contribution in [0.2, 0.25) is 0 Å². The number of benzene rings is 1. The molecule has 1 aliphatic rings. The fourth-order valence-electron chi connectivity index (χ4n) is 2.33. The van der Waals surface area contributed by atoms with Gasteiger partial charge in [0, 0.05) is 0 Å². The predicted octanol–water partition coefficient (Wildman–Crippen LogP) is 4.29. The van der Waals surface area contributed by atoms with Crippen LogP contribution >= 0.6 is 0 Å². The van der Waals surface area contributed by atoms with Gasteiger partial charge in [-0.3, -0.25) is 0 Å². The maximum absolute atomic E-state index is 13.5. The fourth-order valence-corrected chi connectivity index (χ4v) is 2.33. The molecule has 0 bridgehead atoms. The summed E-state index contributed by atoms with van der Waals surface area (Å²) in [4.78, 5) is 0. The molecule has 0 unspecified atom stereocenters. The normalized spacial score (nSPS) is 19.6. The smallest absolute Gasteiger partial charge is 0.141 e. The number of hydrogen-bond donors (Lipinski definition) is 0. The van der Waals surface area contributed by atoms with Gasteiger partial charge in [0.1, 0.15) is 11.9 Å². The molecule has 1 aliphatic carbocycles. The Labute approximate surface area is 102 Å². The standard InChI is InChI=1S/C15H16FN/c1-2-11-3-5-12(6-4-11)13-7-8-14(10-17)15(16)9-13/h5,7-9,11H,2-4,6H2,1H3/t11-/m0/s1. The lowest BCUT2D eigenvalue weighted by Crippen LogP contribution is -2.04. The van der Waals surface area contributed by atoms with Gasteiger partial charge in [-0.1, -0.05) is 25.5 Å². The van der Waals surface area contributed by atoms with Crippen molar-refractivity contribution in [3.8, 4) is 6.07 Å². The minimum absolute atomic E-state index is 0.122. The molecule has 0 N–H and O–H groups in total. The number of rotatable bonds is 2. The summed E-state index contributed by atoms with van der Waals surface area (Å²) in [7, 11) is 0. The lowest BCUT2D eigenvalue weighted by atomic mass is 9.85. The fraction of sp³-hybridized carbons (Fsp3) is 0.400. The third-order valence-corrected chi connectivity index (χ3v) is 3.56. The Bertz CT molecular complexity index is 482. The minimum Gasteiger partial charge on any atom is -0.206 e. The van der Waals surface area contributed by atoms with Gasteiger partial charge in [0.05, 0.1) is 5.56 Å². The zero-order valence-electron chi connectivity index (χ0n) is 10.0. The minimum atomic E-state index is -0.413. The van der Waals surface area contributed by atoms with Gasteiger partial charge < -0.3 is 0 Å². The van der Waals surface area contributed by atoms with Crippen LogP contribution < -0.4 is 0 Å². The van der Waals surface area contributed by atoms with E-state index < -0.39 is 5.82 Å². The van der Waals surface area contributed by atoms with E-state index in [1.54, 1.807) is 6.07 Å². The second kappa shape index (κ2) is 5.14. The number of allylic oxidation sites excluding steroid dienone is 2. The molecular weight excluding hydrogens is 213 g/mol. The molecule has 2 heteroatoms. The van der Waals surface area contributed by atoms with Crippen LogP contribution in [0.15, 0.2) is 24.3 Å². The Hall–Kier alpha value is -1.62. The third kappa shape index (κ3) is 2.55. The van der Waals surface area contributed by atoms with Crippen LogP contribution in [0.1, 0.15) is 43.7 Å². The first kappa shape index (κ1) is 11.9. The highest BCUT2D eigenvalue weighted by atomic mass is 19.1. The van der Waals surface area contributed by atoms with E-state index in [0.717, 1.165) is 24.3 Å². The maximum atomic E-state index is 13.5. The lowest BCUT2D eigenvalue weighted by Gasteiger charge is -2.20. The van der Waals surface area contributed by atoms with Crippen LogP contribution in [0, 0.1) is 23.1 Å². The molecule has 1 atom stereocenters. The van der Waals surface area contributed by atoms with E-state index in [2.05, 4.69) is 13.0 Å². The van der Waals surface area contributed by atoms with Crippen molar-refractivity contribution < 1.29 is 4.39 Å². The van der Waals surface area contributed by atoms with E-state index in [9.17, 15) is 4.39 Å². The van der Waals surface area contributed by atoms with Crippen molar-refractivity contribution in [1.82, 2.24) is 0 Å². The number of nitriles is 1. The van der Waals surface area contributed by atoms with Gasteiger partial charge in [-0.05, 0) is 48.4 Å². The maximum Gasteiger partial charge on any atom is 0.141 e.